The predicted octanol–water partition coefficient (Wildman–Crippen LogP) is 3.72. The first-order chi connectivity index (χ1) is 13.2. The molecule has 0 atom stereocenters. The average molecular weight is 399 g/mol. The van der Waals surface area contributed by atoms with E-state index in [1.54, 1.807) is 11.0 Å². The number of rotatable bonds is 4. The minimum absolute atomic E-state index is 0.0817. The van der Waals surface area contributed by atoms with Crippen LogP contribution in [0.4, 0.5) is 9.93 Å². The number of thiophene rings is 1. The second-order valence-electron chi connectivity index (χ2n) is 6.17. The average Bonchev–Trinajstić information content (AvgIpc) is 3.35. The first kappa shape index (κ1) is 17.7. The Morgan fingerprint density at radius 3 is 2.81 bits per heavy atom. The number of thiazole rings is 1. The minimum atomic E-state index is -0.153. The maximum Gasteiger partial charge on any atom is 0.318 e. The van der Waals surface area contributed by atoms with Gasteiger partial charge in [0.25, 0.3) is 5.91 Å². The molecule has 4 rings (SSSR count). The van der Waals surface area contributed by atoms with Crippen LogP contribution in [0.5, 0.6) is 0 Å². The van der Waals surface area contributed by atoms with Crippen molar-refractivity contribution in [2.45, 2.75) is 19.5 Å². The van der Waals surface area contributed by atoms with Gasteiger partial charge in [-0.25, -0.2) is 9.78 Å². The number of fused-ring (bicyclic) bond motifs is 1. The number of hydrogen-bond donors (Lipinski definition) is 2. The summed E-state index contributed by atoms with van der Waals surface area (Å²) in [4.78, 5) is 31.9. The second kappa shape index (κ2) is 7.89. The largest absolute Gasteiger partial charge is 0.334 e. The zero-order chi connectivity index (χ0) is 18.6. The summed E-state index contributed by atoms with van der Waals surface area (Å²) in [5.74, 6) is -0.153. The molecule has 1 aliphatic heterocycles. The fourth-order valence-corrected chi connectivity index (χ4v) is 4.53. The predicted molar refractivity (Wildman–Crippen MR) is 107 cm³/mol. The maximum absolute atomic E-state index is 12.5. The summed E-state index contributed by atoms with van der Waals surface area (Å²) in [5.41, 5.74) is 2.67. The Labute approximate surface area is 164 Å². The van der Waals surface area contributed by atoms with E-state index < -0.39 is 0 Å². The van der Waals surface area contributed by atoms with Crippen LogP contribution < -0.4 is 10.6 Å². The SMILES string of the molecule is O=C(Nc1nc2c(s1)CN(C(=O)NCc1ccccc1)CC2)c1ccsc1. The van der Waals surface area contributed by atoms with E-state index in [9.17, 15) is 9.59 Å². The molecular formula is C19H18N4O2S2. The zero-order valence-corrected chi connectivity index (χ0v) is 16.1. The van der Waals surface area contributed by atoms with Crippen molar-refractivity contribution in [2.75, 3.05) is 11.9 Å². The van der Waals surface area contributed by atoms with Gasteiger partial charge in [-0.1, -0.05) is 41.7 Å². The molecule has 0 spiro atoms. The van der Waals surface area contributed by atoms with Crippen molar-refractivity contribution in [3.63, 3.8) is 0 Å². The molecule has 27 heavy (non-hydrogen) atoms. The van der Waals surface area contributed by atoms with Crippen LogP contribution in [0.15, 0.2) is 47.2 Å². The van der Waals surface area contributed by atoms with Gasteiger partial charge in [0, 0.05) is 29.8 Å². The standard InChI is InChI=1S/C19H18N4O2S2/c24-17(14-7-9-26-12-14)22-18-21-15-6-8-23(11-16(15)27-18)19(25)20-10-13-4-2-1-3-5-13/h1-5,7,9,12H,6,8,10-11H2,(H,20,25)(H,21,22,24). The molecule has 0 aliphatic carbocycles. The third-order valence-electron chi connectivity index (χ3n) is 4.31. The minimum Gasteiger partial charge on any atom is -0.334 e. The van der Waals surface area contributed by atoms with Crippen molar-refractivity contribution in [3.05, 3.63) is 68.9 Å². The van der Waals surface area contributed by atoms with Gasteiger partial charge >= 0.3 is 6.03 Å². The molecule has 0 radical (unpaired) electrons. The number of urea groups is 1. The monoisotopic (exact) mass is 398 g/mol. The summed E-state index contributed by atoms with van der Waals surface area (Å²) in [6, 6.07) is 11.5. The topological polar surface area (TPSA) is 74.3 Å². The van der Waals surface area contributed by atoms with Gasteiger partial charge in [-0.2, -0.15) is 11.3 Å². The lowest BCUT2D eigenvalue weighted by Gasteiger charge is -2.26. The lowest BCUT2D eigenvalue weighted by molar-refractivity contribution is 0.102. The number of benzene rings is 1. The van der Waals surface area contributed by atoms with E-state index >= 15 is 0 Å². The van der Waals surface area contributed by atoms with E-state index in [2.05, 4.69) is 15.6 Å². The van der Waals surface area contributed by atoms with Gasteiger partial charge in [-0.05, 0) is 17.0 Å². The Kier molecular flexibility index (Phi) is 5.17. The number of carbonyl (C=O) groups excluding carboxylic acids is 2. The lowest BCUT2D eigenvalue weighted by atomic mass is 10.2. The molecule has 1 aliphatic rings. The molecule has 0 fully saturated rings. The van der Waals surface area contributed by atoms with Crippen LogP contribution in [0.25, 0.3) is 0 Å². The second-order valence-corrected chi connectivity index (χ2v) is 8.03. The smallest absolute Gasteiger partial charge is 0.318 e. The van der Waals surface area contributed by atoms with Gasteiger partial charge in [0.05, 0.1) is 17.8 Å². The molecule has 1 aromatic carbocycles. The Morgan fingerprint density at radius 1 is 1.19 bits per heavy atom. The number of nitrogens with one attached hydrogen (secondary N) is 2. The molecule has 8 heteroatoms. The van der Waals surface area contributed by atoms with Crippen molar-refractivity contribution in [1.82, 2.24) is 15.2 Å². The normalized spacial score (nSPS) is 13.1. The molecule has 3 aromatic rings. The van der Waals surface area contributed by atoms with E-state index in [1.807, 2.05) is 41.1 Å². The molecule has 138 valence electrons. The van der Waals surface area contributed by atoms with Crippen LogP contribution >= 0.6 is 22.7 Å². The summed E-state index contributed by atoms with van der Waals surface area (Å²) in [7, 11) is 0. The molecule has 0 saturated carbocycles. The molecule has 2 N–H and O–H groups in total. The van der Waals surface area contributed by atoms with Crippen molar-refractivity contribution in [3.8, 4) is 0 Å². The number of carbonyl (C=O) groups is 2. The van der Waals surface area contributed by atoms with Gasteiger partial charge in [-0.15, -0.1) is 0 Å². The molecule has 0 bridgehead atoms. The van der Waals surface area contributed by atoms with Crippen LogP contribution in [0, 0.1) is 0 Å². The fourth-order valence-electron chi connectivity index (χ4n) is 2.87. The number of aromatic nitrogens is 1. The summed E-state index contributed by atoms with van der Waals surface area (Å²) in [6.07, 6.45) is 0.693. The van der Waals surface area contributed by atoms with Crippen molar-refractivity contribution in [2.24, 2.45) is 0 Å². The van der Waals surface area contributed by atoms with Crippen molar-refractivity contribution < 1.29 is 9.59 Å². The van der Waals surface area contributed by atoms with E-state index in [0.717, 1.165) is 16.1 Å². The highest BCUT2D eigenvalue weighted by Gasteiger charge is 2.24. The first-order valence-corrected chi connectivity index (χ1v) is 10.3. The third-order valence-corrected chi connectivity index (χ3v) is 5.99. The number of nitrogens with zero attached hydrogens (tertiary/aromatic N) is 2. The van der Waals surface area contributed by atoms with Crippen molar-refractivity contribution >= 4 is 39.7 Å². The summed E-state index contributed by atoms with van der Waals surface area (Å²) >= 11 is 2.92. The van der Waals surface area contributed by atoms with E-state index in [4.69, 9.17) is 0 Å². The summed E-state index contributed by atoms with van der Waals surface area (Å²) < 4.78 is 0. The Bertz CT molecular complexity index is 938. The van der Waals surface area contributed by atoms with E-state index in [1.165, 1.54) is 22.7 Å². The number of anilines is 1. The zero-order valence-electron chi connectivity index (χ0n) is 14.5. The molecule has 6 nitrogen and oxygen atoms in total. The van der Waals surface area contributed by atoms with Gasteiger partial charge in [-0.3, -0.25) is 10.1 Å². The fraction of sp³-hybridized carbons (Fsp3) is 0.211. The Balaban J connectivity index is 1.36. The molecular weight excluding hydrogens is 380 g/mol. The van der Waals surface area contributed by atoms with Gasteiger partial charge < -0.3 is 10.2 Å². The van der Waals surface area contributed by atoms with Gasteiger partial charge in [0.2, 0.25) is 0 Å². The molecule has 0 unspecified atom stereocenters. The van der Waals surface area contributed by atoms with Gasteiger partial charge in [0.15, 0.2) is 5.13 Å². The summed E-state index contributed by atoms with van der Waals surface area (Å²) in [5, 5.41) is 10.1. The van der Waals surface area contributed by atoms with E-state index in [0.29, 0.717) is 36.8 Å². The van der Waals surface area contributed by atoms with Crippen LogP contribution in [-0.4, -0.2) is 28.4 Å². The van der Waals surface area contributed by atoms with Crippen LogP contribution in [0.3, 0.4) is 0 Å². The maximum atomic E-state index is 12.5. The summed E-state index contributed by atoms with van der Waals surface area (Å²) in [6.45, 7) is 1.64. The van der Waals surface area contributed by atoms with Gasteiger partial charge in [0.1, 0.15) is 0 Å². The number of hydrogen-bond acceptors (Lipinski definition) is 5. The van der Waals surface area contributed by atoms with Crippen LogP contribution in [-0.2, 0) is 19.5 Å². The lowest BCUT2D eigenvalue weighted by Crippen LogP contribution is -2.42. The Hall–Kier alpha value is -2.71. The molecule has 2 aromatic heterocycles. The quantitative estimate of drug-likeness (QED) is 0.703. The Morgan fingerprint density at radius 2 is 2.04 bits per heavy atom. The highest BCUT2D eigenvalue weighted by atomic mass is 32.1. The van der Waals surface area contributed by atoms with Crippen molar-refractivity contribution in [1.29, 1.82) is 0 Å². The highest BCUT2D eigenvalue weighted by Crippen LogP contribution is 2.28. The first-order valence-electron chi connectivity index (χ1n) is 8.58. The van der Waals surface area contributed by atoms with Crippen LogP contribution in [0.1, 0.15) is 26.5 Å². The van der Waals surface area contributed by atoms with E-state index in [-0.39, 0.29) is 11.9 Å². The number of amides is 3. The van der Waals surface area contributed by atoms with Crippen LogP contribution in [0.2, 0.25) is 0 Å². The molecule has 3 amide bonds. The third kappa shape index (κ3) is 4.17. The molecule has 3 heterocycles. The highest BCUT2D eigenvalue weighted by molar-refractivity contribution is 7.16. The molecule has 0 saturated heterocycles.